The first-order valence-electron chi connectivity index (χ1n) is 8.25. The van der Waals surface area contributed by atoms with Gasteiger partial charge in [-0.05, 0) is 49.7 Å². The Hall–Kier alpha value is -1.90. The molecule has 0 aliphatic heterocycles. The van der Waals surface area contributed by atoms with Crippen molar-refractivity contribution in [3.63, 3.8) is 0 Å². The van der Waals surface area contributed by atoms with Gasteiger partial charge < -0.3 is 4.90 Å². The van der Waals surface area contributed by atoms with Crippen molar-refractivity contribution in [3.05, 3.63) is 54.1 Å². The number of nitrogens with zero attached hydrogens (tertiary/aromatic N) is 1. The molecule has 0 saturated carbocycles. The number of sulfone groups is 1. The fourth-order valence-corrected chi connectivity index (χ4v) is 4.37. The van der Waals surface area contributed by atoms with Gasteiger partial charge in [-0.1, -0.05) is 18.2 Å². The number of rotatable bonds is 8. The topological polar surface area (TPSA) is 83.6 Å². The number of aryl methyl sites for hydroxylation is 1. The summed E-state index contributed by atoms with van der Waals surface area (Å²) in [4.78, 5) is 2.00. The lowest BCUT2D eigenvalue weighted by atomic mass is 10.2. The van der Waals surface area contributed by atoms with Crippen LogP contribution in [0.15, 0.2) is 58.3 Å². The number of anilines is 1. The van der Waals surface area contributed by atoms with Crippen LogP contribution in [-0.4, -0.2) is 42.7 Å². The molecular weight excluding hydrogens is 372 g/mol. The van der Waals surface area contributed by atoms with Crippen molar-refractivity contribution in [3.8, 4) is 0 Å². The van der Waals surface area contributed by atoms with Gasteiger partial charge >= 0.3 is 0 Å². The van der Waals surface area contributed by atoms with E-state index >= 15 is 0 Å². The van der Waals surface area contributed by atoms with Crippen molar-refractivity contribution in [1.82, 2.24) is 4.72 Å². The van der Waals surface area contributed by atoms with E-state index in [0.29, 0.717) is 6.54 Å². The van der Waals surface area contributed by atoms with Crippen LogP contribution in [0.5, 0.6) is 0 Å². The summed E-state index contributed by atoms with van der Waals surface area (Å²) in [5.74, 6) is 0. The number of nitrogens with one attached hydrogen (secondary N) is 1. The number of likely N-dealkylation sites (N-methyl/N-ethyl adjacent to an activating group) is 1. The zero-order valence-corrected chi connectivity index (χ0v) is 16.8. The smallest absolute Gasteiger partial charge is 0.240 e. The van der Waals surface area contributed by atoms with Gasteiger partial charge in [-0.15, -0.1) is 0 Å². The van der Waals surface area contributed by atoms with Gasteiger partial charge in [0, 0.05) is 31.6 Å². The fraction of sp³-hybridized carbons (Fsp3) is 0.333. The van der Waals surface area contributed by atoms with Gasteiger partial charge in [-0.25, -0.2) is 21.6 Å². The molecule has 0 radical (unpaired) electrons. The van der Waals surface area contributed by atoms with Crippen molar-refractivity contribution in [2.75, 3.05) is 30.8 Å². The average Bonchev–Trinajstić information content (AvgIpc) is 2.58. The van der Waals surface area contributed by atoms with E-state index in [9.17, 15) is 16.8 Å². The number of hydrogen-bond donors (Lipinski definition) is 1. The van der Waals surface area contributed by atoms with E-state index < -0.39 is 19.9 Å². The van der Waals surface area contributed by atoms with Gasteiger partial charge in [0.1, 0.15) is 0 Å². The quantitative estimate of drug-likeness (QED) is 0.740. The van der Waals surface area contributed by atoms with E-state index in [1.165, 1.54) is 24.3 Å². The third kappa shape index (κ3) is 5.30. The molecular formula is C18H24N2O4S2. The third-order valence-corrected chi connectivity index (χ3v) is 6.54. The van der Waals surface area contributed by atoms with Crippen LogP contribution < -0.4 is 9.62 Å². The summed E-state index contributed by atoms with van der Waals surface area (Å²) < 4.78 is 50.7. The average molecular weight is 397 g/mol. The van der Waals surface area contributed by atoms with Crippen LogP contribution >= 0.6 is 0 Å². The lowest BCUT2D eigenvalue weighted by Gasteiger charge is -2.23. The highest BCUT2D eigenvalue weighted by atomic mass is 32.2. The maximum absolute atomic E-state index is 12.4. The van der Waals surface area contributed by atoms with Gasteiger partial charge in [0.05, 0.1) is 9.79 Å². The molecule has 0 saturated heterocycles. The predicted octanol–water partition coefficient (Wildman–Crippen LogP) is 2.20. The molecule has 2 aromatic carbocycles. The standard InChI is InChI=1S/C18H24N2O4S2/c1-4-20(16-8-5-7-15(2)13-16)12-11-19-26(23,24)18-10-6-9-17(14-18)25(3,21)22/h5-10,13-14,19H,4,11-12H2,1-3H3. The second-order valence-corrected chi connectivity index (χ2v) is 9.85. The second-order valence-electron chi connectivity index (χ2n) is 6.06. The molecule has 0 unspecified atom stereocenters. The SMILES string of the molecule is CCN(CCNS(=O)(=O)c1cccc(S(C)(=O)=O)c1)c1cccc(C)c1. The first-order chi connectivity index (χ1) is 12.1. The normalized spacial score (nSPS) is 12.1. The lowest BCUT2D eigenvalue weighted by molar-refractivity contribution is 0.580. The van der Waals surface area contributed by atoms with E-state index in [4.69, 9.17) is 0 Å². The van der Waals surface area contributed by atoms with Crippen molar-refractivity contribution in [2.45, 2.75) is 23.6 Å². The van der Waals surface area contributed by atoms with Crippen LogP contribution in [0.1, 0.15) is 12.5 Å². The minimum atomic E-state index is -3.78. The zero-order valence-electron chi connectivity index (χ0n) is 15.1. The molecule has 2 aromatic rings. The summed E-state index contributed by atoms with van der Waals surface area (Å²) in [5.41, 5.74) is 2.17. The highest BCUT2D eigenvalue weighted by molar-refractivity contribution is 7.91. The van der Waals surface area contributed by atoms with Crippen LogP contribution in [0.3, 0.4) is 0 Å². The van der Waals surface area contributed by atoms with Crippen LogP contribution in [0.25, 0.3) is 0 Å². The molecule has 1 N–H and O–H groups in total. The molecule has 0 spiro atoms. The van der Waals surface area contributed by atoms with Crippen LogP contribution in [0, 0.1) is 6.92 Å². The molecule has 0 atom stereocenters. The summed E-state index contributed by atoms with van der Waals surface area (Å²) in [7, 11) is -7.24. The maximum atomic E-state index is 12.4. The Morgan fingerprint density at radius 1 is 0.962 bits per heavy atom. The molecule has 2 rings (SSSR count). The van der Waals surface area contributed by atoms with E-state index in [1.807, 2.05) is 38.1 Å². The molecule has 8 heteroatoms. The first kappa shape index (κ1) is 20.4. The summed E-state index contributed by atoms with van der Waals surface area (Å²) in [5, 5.41) is 0. The molecule has 142 valence electrons. The molecule has 0 amide bonds. The number of benzene rings is 2. The molecule has 0 aliphatic carbocycles. The Balaban J connectivity index is 2.08. The molecule has 0 aromatic heterocycles. The first-order valence-corrected chi connectivity index (χ1v) is 11.6. The summed E-state index contributed by atoms with van der Waals surface area (Å²) in [6.45, 7) is 5.48. The van der Waals surface area contributed by atoms with Gasteiger partial charge in [-0.2, -0.15) is 0 Å². The van der Waals surface area contributed by atoms with Gasteiger partial charge in [-0.3, -0.25) is 0 Å². The van der Waals surface area contributed by atoms with Crippen molar-refractivity contribution < 1.29 is 16.8 Å². The fourth-order valence-electron chi connectivity index (χ4n) is 2.56. The summed E-state index contributed by atoms with van der Waals surface area (Å²) in [6, 6.07) is 13.4. The van der Waals surface area contributed by atoms with Crippen molar-refractivity contribution >= 4 is 25.5 Å². The summed E-state index contributed by atoms with van der Waals surface area (Å²) >= 11 is 0. The second kappa shape index (κ2) is 8.20. The largest absolute Gasteiger partial charge is 0.370 e. The number of hydrogen-bond acceptors (Lipinski definition) is 5. The van der Waals surface area contributed by atoms with Crippen molar-refractivity contribution in [1.29, 1.82) is 0 Å². The monoisotopic (exact) mass is 396 g/mol. The highest BCUT2D eigenvalue weighted by Crippen LogP contribution is 2.17. The highest BCUT2D eigenvalue weighted by Gasteiger charge is 2.17. The zero-order chi connectivity index (χ0) is 19.4. The summed E-state index contributed by atoms with van der Waals surface area (Å²) in [6.07, 6.45) is 1.05. The van der Waals surface area contributed by atoms with E-state index in [-0.39, 0.29) is 16.3 Å². The minimum Gasteiger partial charge on any atom is -0.370 e. The van der Waals surface area contributed by atoms with Crippen LogP contribution in [0.4, 0.5) is 5.69 Å². The molecule has 0 aliphatic rings. The molecule has 0 heterocycles. The molecule has 6 nitrogen and oxygen atoms in total. The third-order valence-electron chi connectivity index (χ3n) is 3.97. The van der Waals surface area contributed by atoms with Crippen LogP contribution in [0.2, 0.25) is 0 Å². The van der Waals surface area contributed by atoms with Gasteiger partial charge in [0.15, 0.2) is 9.84 Å². The Kier molecular flexibility index (Phi) is 6.44. The number of sulfonamides is 1. The van der Waals surface area contributed by atoms with E-state index in [1.54, 1.807) is 0 Å². The predicted molar refractivity (Wildman–Crippen MR) is 104 cm³/mol. The minimum absolute atomic E-state index is 0.0182. The van der Waals surface area contributed by atoms with E-state index in [0.717, 1.165) is 24.1 Å². The van der Waals surface area contributed by atoms with Crippen molar-refractivity contribution in [2.24, 2.45) is 0 Å². The maximum Gasteiger partial charge on any atom is 0.240 e. The molecule has 0 fully saturated rings. The lowest BCUT2D eigenvalue weighted by Crippen LogP contribution is -2.35. The Labute approximate surface area is 155 Å². The molecule has 0 bridgehead atoms. The Morgan fingerprint density at radius 3 is 2.23 bits per heavy atom. The van der Waals surface area contributed by atoms with E-state index in [2.05, 4.69) is 9.62 Å². The van der Waals surface area contributed by atoms with Gasteiger partial charge in [0.2, 0.25) is 10.0 Å². The Bertz CT molecular complexity index is 970. The molecule has 26 heavy (non-hydrogen) atoms. The Morgan fingerprint density at radius 2 is 1.62 bits per heavy atom. The van der Waals surface area contributed by atoms with Gasteiger partial charge in [0.25, 0.3) is 0 Å². The van der Waals surface area contributed by atoms with Crippen LogP contribution in [-0.2, 0) is 19.9 Å².